The van der Waals surface area contributed by atoms with Crippen molar-refractivity contribution in [3.05, 3.63) is 12.4 Å². The number of nitrogens with two attached hydrogens (primary N) is 1. The molecule has 6 nitrogen and oxygen atoms in total. The molecule has 1 rings (SSSR count). The van der Waals surface area contributed by atoms with Gasteiger partial charge in [-0.25, -0.2) is 5.84 Å². The highest BCUT2D eigenvalue weighted by Gasteiger charge is 1.92. The van der Waals surface area contributed by atoms with Crippen molar-refractivity contribution < 1.29 is 0 Å². The lowest BCUT2D eigenvalue weighted by molar-refractivity contribution is 0.579. The van der Waals surface area contributed by atoms with Gasteiger partial charge in [-0.2, -0.15) is 0 Å². The molecule has 0 atom stereocenters. The predicted octanol–water partition coefficient (Wildman–Crippen LogP) is -1.38. The van der Waals surface area contributed by atoms with Crippen LogP contribution in [0.25, 0.3) is 0 Å². The molecule has 0 aliphatic rings. The minimum Gasteiger partial charge on any atom is -0.360 e. The smallest absolute Gasteiger partial charge is 0.180 e. The molecule has 0 saturated heterocycles. The van der Waals surface area contributed by atoms with Gasteiger partial charge in [0.05, 0.1) is 12.7 Å². The fourth-order valence-corrected chi connectivity index (χ4v) is 0.789. The number of hydrogen-bond acceptors (Lipinski definition) is 4. The summed E-state index contributed by atoms with van der Waals surface area (Å²) >= 11 is 4.76. The van der Waals surface area contributed by atoms with E-state index in [-0.39, 0.29) is 0 Å². The number of rotatable bonds is 3. The third kappa shape index (κ3) is 2.81. The van der Waals surface area contributed by atoms with E-state index in [2.05, 4.69) is 21.1 Å². The number of nitrogens with one attached hydrogen (secondary N) is 2. The Labute approximate surface area is 75.1 Å². The van der Waals surface area contributed by atoms with E-state index >= 15 is 0 Å². The maximum Gasteiger partial charge on any atom is 0.180 e. The van der Waals surface area contributed by atoms with Crippen LogP contribution in [0.3, 0.4) is 0 Å². The summed E-state index contributed by atoms with van der Waals surface area (Å²) in [6.45, 7) is 1.38. The van der Waals surface area contributed by atoms with Crippen molar-refractivity contribution in [2.75, 3.05) is 6.54 Å². The molecular weight excluding hydrogens is 176 g/mol. The normalized spacial score (nSPS) is 9.42. The second-order valence-electron chi connectivity index (χ2n) is 2.07. The van der Waals surface area contributed by atoms with Gasteiger partial charge in [0.2, 0.25) is 0 Å². The zero-order valence-corrected chi connectivity index (χ0v) is 7.21. The van der Waals surface area contributed by atoms with Crippen LogP contribution >= 0.6 is 12.2 Å². The second-order valence-corrected chi connectivity index (χ2v) is 2.47. The number of nitrogens with zero attached hydrogens (tertiary/aromatic N) is 3. The van der Waals surface area contributed by atoms with E-state index in [0.717, 1.165) is 0 Å². The van der Waals surface area contributed by atoms with Crippen molar-refractivity contribution in [3.8, 4) is 0 Å². The zero-order chi connectivity index (χ0) is 8.81. The van der Waals surface area contributed by atoms with Gasteiger partial charge in [0.15, 0.2) is 5.11 Å². The average Bonchev–Trinajstić information content (AvgIpc) is 2.57. The molecule has 0 unspecified atom stereocenters. The van der Waals surface area contributed by atoms with Gasteiger partial charge >= 0.3 is 0 Å². The molecule has 0 fully saturated rings. The summed E-state index contributed by atoms with van der Waals surface area (Å²) in [5.41, 5.74) is 2.32. The van der Waals surface area contributed by atoms with Crippen LogP contribution in [0.1, 0.15) is 0 Å². The summed E-state index contributed by atoms with van der Waals surface area (Å²) in [6.07, 6.45) is 3.40. The van der Waals surface area contributed by atoms with E-state index in [1.807, 2.05) is 0 Å². The third-order valence-corrected chi connectivity index (χ3v) is 1.49. The largest absolute Gasteiger partial charge is 0.360 e. The van der Waals surface area contributed by atoms with Crippen LogP contribution in [0.4, 0.5) is 0 Å². The summed E-state index contributed by atoms with van der Waals surface area (Å²) in [4.78, 5) is 0. The fraction of sp³-hybridized carbons (Fsp3) is 0.400. The highest BCUT2D eigenvalue weighted by Crippen LogP contribution is 1.78. The second kappa shape index (κ2) is 4.62. The topological polar surface area (TPSA) is 80.8 Å². The number of hydrazine groups is 1. The molecular formula is C5H10N6S. The van der Waals surface area contributed by atoms with Gasteiger partial charge in [0.25, 0.3) is 0 Å². The van der Waals surface area contributed by atoms with Crippen molar-refractivity contribution in [2.45, 2.75) is 6.54 Å². The summed E-state index contributed by atoms with van der Waals surface area (Å²) in [5, 5.41) is 10.7. The molecule has 1 aromatic rings. The maximum atomic E-state index is 5.04. The molecule has 7 heteroatoms. The number of aromatic nitrogens is 3. The van der Waals surface area contributed by atoms with Crippen LogP contribution in [0.15, 0.2) is 12.4 Å². The molecule has 0 aromatic carbocycles. The number of hydrogen-bond donors (Lipinski definition) is 3. The van der Waals surface area contributed by atoms with Crippen LogP contribution in [-0.4, -0.2) is 26.7 Å². The maximum absolute atomic E-state index is 5.04. The standard InChI is InChI=1S/C5H10N6S/c6-9-5(12)7-1-3-11-4-2-8-10-11/h2,4H,1,3,6H2,(H2,7,9,12). The first-order chi connectivity index (χ1) is 5.83. The van der Waals surface area contributed by atoms with Gasteiger partial charge in [0.1, 0.15) is 0 Å². The SMILES string of the molecule is NNC(=S)NCCn1ccnn1. The van der Waals surface area contributed by atoms with Gasteiger partial charge in [-0.3, -0.25) is 4.68 Å². The minimum absolute atomic E-state index is 0.426. The molecule has 0 aliphatic carbocycles. The Morgan fingerprint density at radius 2 is 2.50 bits per heavy atom. The van der Waals surface area contributed by atoms with Crippen LogP contribution in [0, 0.1) is 0 Å². The van der Waals surface area contributed by atoms with E-state index in [1.165, 1.54) is 0 Å². The molecule has 1 heterocycles. The Morgan fingerprint density at radius 3 is 3.08 bits per heavy atom. The lowest BCUT2D eigenvalue weighted by atomic mass is 10.6. The van der Waals surface area contributed by atoms with Crippen LogP contribution in [-0.2, 0) is 6.54 Å². The van der Waals surface area contributed by atoms with Gasteiger partial charge in [-0.15, -0.1) is 5.10 Å². The van der Waals surface area contributed by atoms with E-state index in [0.29, 0.717) is 18.2 Å². The minimum atomic E-state index is 0.426. The predicted molar refractivity (Wildman–Crippen MR) is 47.9 cm³/mol. The average molecular weight is 186 g/mol. The Bertz CT molecular complexity index is 232. The highest BCUT2D eigenvalue weighted by atomic mass is 32.1. The van der Waals surface area contributed by atoms with Gasteiger partial charge in [-0.1, -0.05) is 5.21 Å². The molecule has 0 radical (unpaired) electrons. The van der Waals surface area contributed by atoms with E-state index in [1.54, 1.807) is 17.1 Å². The zero-order valence-electron chi connectivity index (χ0n) is 6.40. The van der Waals surface area contributed by atoms with Crippen molar-refractivity contribution in [1.82, 2.24) is 25.7 Å². The summed E-state index contributed by atoms with van der Waals surface area (Å²) in [6, 6.07) is 0. The van der Waals surface area contributed by atoms with Gasteiger partial charge in [0, 0.05) is 12.7 Å². The molecule has 0 aliphatic heterocycles. The summed E-state index contributed by atoms with van der Waals surface area (Å²) in [5.74, 6) is 5.04. The summed E-state index contributed by atoms with van der Waals surface area (Å²) < 4.78 is 1.70. The van der Waals surface area contributed by atoms with Crippen LogP contribution < -0.4 is 16.6 Å². The first-order valence-electron chi connectivity index (χ1n) is 3.41. The van der Waals surface area contributed by atoms with Crippen molar-refractivity contribution >= 4 is 17.3 Å². The van der Waals surface area contributed by atoms with E-state index < -0.39 is 0 Å². The monoisotopic (exact) mass is 186 g/mol. The van der Waals surface area contributed by atoms with Crippen molar-refractivity contribution in [2.24, 2.45) is 5.84 Å². The molecule has 4 N–H and O–H groups in total. The Balaban J connectivity index is 2.15. The van der Waals surface area contributed by atoms with Crippen LogP contribution in [0.5, 0.6) is 0 Å². The van der Waals surface area contributed by atoms with E-state index in [9.17, 15) is 0 Å². The molecule has 0 saturated carbocycles. The lowest BCUT2D eigenvalue weighted by Gasteiger charge is -2.05. The molecule has 12 heavy (non-hydrogen) atoms. The van der Waals surface area contributed by atoms with E-state index in [4.69, 9.17) is 18.1 Å². The molecule has 1 aromatic heterocycles. The first-order valence-corrected chi connectivity index (χ1v) is 3.82. The van der Waals surface area contributed by atoms with Crippen LogP contribution in [0.2, 0.25) is 0 Å². The Hall–Kier alpha value is -1.21. The lowest BCUT2D eigenvalue weighted by Crippen LogP contribution is -2.40. The third-order valence-electron chi connectivity index (χ3n) is 1.23. The summed E-state index contributed by atoms with van der Waals surface area (Å²) in [7, 11) is 0. The molecule has 66 valence electrons. The van der Waals surface area contributed by atoms with Crippen molar-refractivity contribution in [3.63, 3.8) is 0 Å². The fourth-order valence-electron chi connectivity index (χ4n) is 0.687. The van der Waals surface area contributed by atoms with Gasteiger partial charge in [-0.05, 0) is 12.2 Å². The molecule has 0 spiro atoms. The van der Waals surface area contributed by atoms with Gasteiger partial charge < -0.3 is 10.7 Å². The van der Waals surface area contributed by atoms with Crippen molar-refractivity contribution in [1.29, 1.82) is 0 Å². The quantitative estimate of drug-likeness (QED) is 0.306. The first kappa shape index (κ1) is 8.88. The number of thiocarbonyl (C=S) groups is 1. The molecule has 0 amide bonds. The molecule has 0 bridgehead atoms. The Kier molecular flexibility index (Phi) is 3.42. The highest BCUT2D eigenvalue weighted by molar-refractivity contribution is 7.80. The Morgan fingerprint density at radius 1 is 1.67 bits per heavy atom.